The lowest BCUT2D eigenvalue weighted by Crippen LogP contribution is -2.49. The summed E-state index contributed by atoms with van der Waals surface area (Å²) < 4.78 is 6.18. The summed E-state index contributed by atoms with van der Waals surface area (Å²) in [6.45, 7) is 6.10. The summed E-state index contributed by atoms with van der Waals surface area (Å²) in [7, 11) is 1.67. The highest BCUT2D eigenvalue weighted by atomic mass is 16.5. The highest BCUT2D eigenvalue weighted by Crippen LogP contribution is 2.49. The molecule has 1 spiro atoms. The third-order valence-electron chi connectivity index (χ3n) is 5.47. The third kappa shape index (κ3) is 2.69. The molecular weight excluding hydrogens is 338 g/mol. The molecule has 2 aliphatic heterocycles. The number of carbonyl (C=O) groups is 1. The van der Waals surface area contributed by atoms with Crippen LogP contribution in [0.5, 0.6) is 5.75 Å². The normalized spacial score (nSPS) is 23.2. The molecular formula is C22H25N3O2. The van der Waals surface area contributed by atoms with Crippen molar-refractivity contribution >= 4 is 11.9 Å². The molecule has 2 aromatic carbocycles. The fourth-order valence-corrected chi connectivity index (χ4v) is 4.13. The van der Waals surface area contributed by atoms with Gasteiger partial charge in [0.05, 0.1) is 0 Å². The molecule has 2 aliphatic rings. The van der Waals surface area contributed by atoms with Gasteiger partial charge in [-0.15, -0.1) is 0 Å². The molecule has 2 N–H and O–H groups in total. The second-order valence-corrected chi connectivity index (χ2v) is 8.00. The van der Waals surface area contributed by atoms with Crippen LogP contribution >= 0.6 is 0 Å². The molecule has 0 aliphatic carbocycles. The standard InChI is InChI=1S/C22H25N3O2/c1-5-14-7-6-8-15(11-14)16-9-10-18-17(12-16)22(13-21(2,3)27-18)19(26)25(4)20(23)24-22/h6-12H,5,13H2,1-4H3,(H2,23,24)/t22-/m0/s1. The largest absolute Gasteiger partial charge is 0.487 e. The number of likely N-dealkylation sites (N-methyl/N-ethyl adjacent to an activating group) is 1. The number of benzene rings is 2. The zero-order chi connectivity index (χ0) is 19.4. The molecule has 4 rings (SSSR count). The summed E-state index contributed by atoms with van der Waals surface area (Å²) in [6.07, 6.45) is 1.43. The van der Waals surface area contributed by atoms with Crippen molar-refractivity contribution in [2.24, 2.45) is 10.7 Å². The van der Waals surface area contributed by atoms with Crippen molar-refractivity contribution in [3.05, 3.63) is 53.6 Å². The maximum Gasteiger partial charge on any atom is 0.261 e. The maximum absolute atomic E-state index is 13.2. The van der Waals surface area contributed by atoms with Crippen molar-refractivity contribution in [1.29, 1.82) is 0 Å². The van der Waals surface area contributed by atoms with Gasteiger partial charge in [-0.05, 0) is 49.1 Å². The van der Waals surface area contributed by atoms with E-state index < -0.39 is 11.1 Å². The van der Waals surface area contributed by atoms with Crippen molar-refractivity contribution in [2.75, 3.05) is 7.05 Å². The first-order valence-electron chi connectivity index (χ1n) is 9.32. The van der Waals surface area contributed by atoms with Crippen LogP contribution in [0.15, 0.2) is 47.5 Å². The SMILES string of the molecule is CCc1cccc(-c2ccc3c(c2)[C@]2(CC(C)(C)O3)N=C(N)N(C)C2=O)c1. The van der Waals surface area contributed by atoms with Crippen LogP contribution in [0.1, 0.15) is 38.3 Å². The van der Waals surface area contributed by atoms with Crippen LogP contribution in [0.3, 0.4) is 0 Å². The quantitative estimate of drug-likeness (QED) is 0.888. The number of aliphatic imine (C=N–C) groups is 1. The average molecular weight is 363 g/mol. The van der Waals surface area contributed by atoms with Crippen LogP contribution in [0.4, 0.5) is 0 Å². The molecule has 0 radical (unpaired) electrons. The minimum Gasteiger partial charge on any atom is -0.487 e. The van der Waals surface area contributed by atoms with Gasteiger partial charge in [0.2, 0.25) is 0 Å². The molecule has 27 heavy (non-hydrogen) atoms. The number of ether oxygens (including phenoxy) is 1. The Balaban J connectivity index is 1.90. The van der Waals surface area contributed by atoms with Crippen LogP contribution in [-0.2, 0) is 16.8 Å². The van der Waals surface area contributed by atoms with Crippen molar-refractivity contribution in [1.82, 2.24) is 4.90 Å². The number of hydrogen-bond acceptors (Lipinski definition) is 4. The van der Waals surface area contributed by atoms with Gasteiger partial charge >= 0.3 is 0 Å². The predicted molar refractivity (Wildman–Crippen MR) is 107 cm³/mol. The molecule has 0 aromatic heterocycles. The second-order valence-electron chi connectivity index (χ2n) is 8.00. The summed E-state index contributed by atoms with van der Waals surface area (Å²) in [5.74, 6) is 0.848. The van der Waals surface area contributed by atoms with E-state index in [1.54, 1.807) is 7.05 Å². The molecule has 0 fully saturated rings. The summed E-state index contributed by atoms with van der Waals surface area (Å²) >= 11 is 0. The van der Waals surface area contributed by atoms with Crippen molar-refractivity contribution in [2.45, 2.75) is 44.8 Å². The number of nitrogens with zero attached hydrogens (tertiary/aromatic N) is 2. The van der Waals surface area contributed by atoms with Gasteiger partial charge in [-0.1, -0.05) is 37.3 Å². The Morgan fingerprint density at radius 1 is 1.19 bits per heavy atom. The summed E-state index contributed by atoms with van der Waals surface area (Å²) in [6, 6.07) is 14.5. The van der Waals surface area contributed by atoms with E-state index in [4.69, 9.17) is 10.5 Å². The Kier molecular flexibility index (Phi) is 3.81. The first kappa shape index (κ1) is 17.6. The van der Waals surface area contributed by atoms with Gasteiger partial charge in [-0.2, -0.15) is 0 Å². The molecule has 140 valence electrons. The minimum absolute atomic E-state index is 0.0999. The molecule has 0 unspecified atom stereocenters. The van der Waals surface area contributed by atoms with Gasteiger partial charge in [-0.25, -0.2) is 4.99 Å². The van der Waals surface area contributed by atoms with Gasteiger partial charge < -0.3 is 10.5 Å². The van der Waals surface area contributed by atoms with Gasteiger partial charge in [0, 0.05) is 19.0 Å². The van der Waals surface area contributed by atoms with E-state index in [2.05, 4.69) is 36.2 Å². The Morgan fingerprint density at radius 3 is 2.59 bits per heavy atom. The lowest BCUT2D eigenvalue weighted by atomic mass is 9.77. The molecule has 2 heterocycles. The van der Waals surface area contributed by atoms with Crippen molar-refractivity contribution in [3.8, 4) is 16.9 Å². The fourth-order valence-electron chi connectivity index (χ4n) is 4.13. The molecule has 2 aromatic rings. The average Bonchev–Trinajstić information content (AvgIpc) is 2.85. The Labute approximate surface area is 159 Å². The Bertz CT molecular complexity index is 964. The number of guanidine groups is 1. The lowest BCUT2D eigenvalue weighted by molar-refractivity contribution is -0.133. The number of fused-ring (bicyclic) bond motifs is 2. The van der Waals surface area contributed by atoms with E-state index in [1.807, 2.05) is 32.0 Å². The summed E-state index contributed by atoms with van der Waals surface area (Å²) in [5.41, 5.74) is 8.72. The highest BCUT2D eigenvalue weighted by Gasteiger charge is 2.55. The number of rotatable bonds is 2. The van der Waals surface area contributed by atoms with Gasteiger partial charge in [-0.3, -0.25) is 9.69 Å². The maximum atomic E-state index is 13.2. The number of aryl methyl sites for hydroxylation is 1. The Hall–Kier alpha value is -2.82. The van der Waals surface area contributed by atoms with Crippen LogP contribution in [0.2, 0.25) is 0 Å². The topological polar surface area (TPSA) is 67.9 Å². The number of amides is 1. The van der Waals surface area contributed by atoms with Crippen LogP contribution in [0, 0.1) is 0 Å². The number of nitrogens with two attached hydrogens (primary N) is 1. The molecule has 1 amide bonds. The second kappa shape index (κ2) is 5.84. The molecule has 0 saturated carbocycles. The monoisotopic (exact) mass is 363 g/mol. The van der Waals surface area contributed by atoms with E-state index in [9.17, 15) is 4.79 Å². The van der Waals surface area contributed by atoms with Crippen LogP contribution < -0.4 is 10.5 Å². The van der Waals surface area contributed by atoms with E-state index in [-0.39, 0.29) is 11.9 Å². The first-order chi connectivity index (χ1) is 12.8. The van der Waals surface area contributed by atoms with Crippen molar-refractivity contribution in [3.63, 3.8) is 0 Å². The zero-order valence-corrected chi connectivity index (χ0v) is 16.2. The van der Waals surface area contributed by atoms with Gasteiger partial charge in [0.1, 0.15) is 11.4 Å². The molecule has 5 nitrogen and oxygen atoms in total. The highest BCUT2D eigenvalue weighted by molar-refractivity contribution is 6.07. The van der Waals surface area contributed by atoms with Crippen LogP contribution in [-0.4, -0.2) is 29.4 Å². The molecule has 1 atom stereocenters. The van der Waals surface area contributed by atoms with Crippen LogP contribution in [0.25, 0.3) is 11.1 Å². The summed E-state index contributed by atoms with van der Waals surface area (Å²) in [5, 5.41) is 0. The fraction of sp³-hybridized carbons (Fsp3) is 0.364. The smallest absolute Gasteiger partial charge is 0.261 e. The predicted octanol–water partition coefficient (Wildman–Crippen LogP) is 3.46. The first-order valence-corrected chi connectivity index (χ1v) is 9.32. The number of carbonyl (C=O) groups excluding carboxylic acids is 1. The third-order valence-corrected chi connectivity index (χ3v) is 5.47. The molecule has 5 heteroatoms. The lowest BCUT2D eigenvalue weighted by Gasteiger charge is -2.41. The van der Waals surface area contributed by atoms with Gasteiger partial charge in [0.15, 0.2) is 11.5 Å². The van der Waals surface area contributed by atoms with E-state index >= 15 is 0 Å². The number of hydrogen-bond donors (Lipinski definition) is 1. The summed E-state index contributed by atoms with van der Waals surface area (Å²) in [4.78, 5) is 19.2. The molecule has 0 saturated heterocycles. The Morgan fingerprint density at radius 2 is 1.93 bits per heavy atom. The van der Waals surface area contributed by atoms with E-state index in [0.29, 0.717) is 12.2 Å². The van der Waals surface area contributed by atoms with E-state index in [1.165, 1.54) is 10.5 Å². The molecule has 0 bridgehead atoms. The van der Waals surface area contributed by atoms with Gasteiger partial charge in [0.25, 0.3) is 5.91 Å². The van der Waals surface area contributed by atoms with Crippen molar-refractivity contribution < 1.29 is 9.53 Å². The zero-order valence-electron chi connectivity index (χ0n) is 16.2. The minimum atomic E-state index is -1.02. The van der Waals surface area contributed by atoms with E-state index in [0.717, 1.165) is 23.1 Å².